The summed E-state index contributed by atoms with van der Waals surface area (Å²) in [5.74, 6) is 0. The van der Waals surface area contributed by atoms with E-state index in [1.165, 1.54) is 5.56 Å². The summed E-state index contributed by atoms with van der Waals surface area (Å²) in [5.41, 5.74) is 6.80. The number of unbranched alkanes of at least 4 members (excludes halogenated alkanes) is 1. The van der Waals surface area contributed by atoms with Crippen LogP contribution in [0.15, 0.2) is 23.1 Å². The standard InChI is InChI=1S/C11H16ClNS/c1-14-11-8-9(4-2-3-7-13)5-6-10(11)12/h5-6,8H,2-4,7,13H2,1H3. The van der Waals surface area contributed by atoms with Crippen LogP contribution in [0.5, 0.6) is 0 Å². The lowest BCUT2D eigenvalue weighted by atomic mass is 10.1. The van der Waals surface area contributed by atoms with E-state index in [0.29, 0.717) is 0 Å². The molecule has 1 aromatic rings. The molecule has 0 heterocycles. The molecule has 0 aliphatic heterocycles. The summed E-state index contributed by atoms with van der Waals surface area (Å²) in [7, 11) is 0. The molecule has 2 N–H and O–H groups in total. The van der Waals surface area contributed by atoms with Crippen molar-refractivity contribution in [1.82, 2.24) is 0 Å². The highest BCUT2D eigenvalue weighted by atomic mass is 35.5. The van der Waals surface area contributed by atoms with E-state index in [0.717, 1.165) is 35.7 Å². The maximum Gasteiger partial charge on any atom is 0.0541 e. The first-order valence-corrected chi connectivity index (χ1v) is 6.40. The normalized spacial score (nSPS) is 10.5. The predicted molar refractivity (Wildman–Crippen MR) is 65.2 cm³/mol. The monoisotopic (exact) mass is 229 g/mol. The smallest absolute Gasteiger partial charge is 0.0541 e. The molecule has 0 saturated carbocycles. The zero-order valence-corrected chi connectivity index (χ0v) is 10.00. The molecule has 14 heavy (non-hydrogen) atoms. The molecule has 0 aliphatic carbocycles. The van der Waals surface area contributed by atoms with Crippen LogP contribution < -0.4 is 5.73 Å². The van der Waals surface area contributed by atoms with Crippen molar-refractivity contribution in [3.63, 3.8) is 0 Å². The number of rotatable bonds is 5. The first kappa shape index (κ1) is 11.9. The van der Waals surface area contributed by atoms with E-state index >= 15 is 0 Å². The summed E-state index contributed by atoms with van der Waals surface area (Å²) in [6.07, 6.45) is 5.40. The maximum atomic E-state index is 6.02. The predicted octanol–water partition coefficient (Wildman–Crippen LogP) is 3.34. The molecule has 1 nitrogen and oxygen atoms in total. The van der Waals surface area contributed by atoms with Gasteiger partial charge in [-0.25, -0.2) is 0 Å². The van der Waals surface area contributed by atoms with Crippen LogP contribution >= 0.6 is 23.4 Å². The summed E-state index contributed by atoms with van der Waals surface area (Å²) in [6.45, 7) is 0.781. The van der Waals surface area contributed by atoms with Gasteiger partial charge in [-0.3, -0.25) is 0 Å². The fourth-order valence-electron chi connectivity index (χ4n) is 1.33. The van der Waals surface area contributed by atoms with E-state index in [2.05, 4.69) is 12.1 Å². The van der Waals surface area contributed by atoms with Crippen LogP contribution in [0, 0.1) is 0 Å². The Kier molecular flexibility index (Phi) is 5.38. The molecule has 0 spiro atoms. The molecular formula is C11H16ClNS. The fourth-order valence-corrected chi connectivity index (χ4v) is 2.21. The second-order valence-electron chi connectivity index (χ2n) is 3.21. The fraction of sp³-hybridized carbons (Fsp3) is 0.455. The second kappa shape index (κ2) is 6.33. The highest BCUT2D eigenvalue weighted by Crippen LogP contribution is 2.26. The number of aryl methyl sites for hydroxylation is 1. The van der Waals surface area contributed by atoms with Crippen molar-refractivity contribution in [2.24, 2.45) is 5.73 Å². The Bertz CT molecular complexity index is 289. The maximum absolute atomic E-state index is 6.02. The lowest BCUT2D eigenvalue weighted by Gasteiger charge is -2.04. The number of nitrogens with two attached hydrogens (primary N) is 1. The van der Waals surface area contributed by atoms with Gasteiger partial charge in [-0.15, -0.1) is 11.8 Å². The largest absolute Gasteiger partial charge is 0.330 e. The molecule has 3 heteroatoms. The van der Waals surface area contributed by atoms with Gasteiger partial charge in [0.1, 0.15) is 0 Å². The molecule has 0 bridgehead atoms. The van der Waals surface area contributed by atoms with Crippen LogP contribution in [0.3, 0.4) is 0 Å². The van der Waals surface area contributed by atoms with Crippen LogP contribution in [0.25, 0.3) is 0 Å². The summed E-state index contributed by atoms with van der Waals surface area (Å²) >= 11 is 7.71. The zero-order valence-electron chi connectivity index (χ0n) is 8.42. The molecule has 0 radical (unpaired) electrons. The van der Waals surface area contributed by atoms with E-state index in [1.807, 2.05) is 12.3 Å². The first-order chi connectivity index (χ1) is 6.77. The third kappa shape index (κ3) is 3.52. The minimum atomic E-state index is 0.781. The van der Waals surface area contributed by atoms with Crippen molar-refractivity contribution in [1.29, 1.82) is 0 Å². The third-order valence-electron chi connectivity index (χ3n) is 2.14. The minimum absolute atomic E-state index is 0.781. The Balaban J connectivity index is 2.60. The summed E-state index contributed by atoms with van der Waals surface area (Å²) in [6, 6.07) is 6.24. The molecule has 0 unspecified atom stereocenters. The van der Waals surface area contributed by atoms with Crippen molar-refractivity contribution in [3.05, 3.63) is 28.8 Å². The van der Waals surface area contributed by atoms with Crippen LogP contribution in [0.1, 0.15) is 18.4 Å². The zero-order chi connectivity index (χ0) is 10.4. The van der Waals surface area contributed by atoms with Gasteiger partial charge in [0.05, 0.1) is 5.02 Å². The van der Waals surface area contributed by atoms with Crippen LogP contribution in [0.2, 0.25) is 5.02 Å². The summed E-state index contributed by atoms with van der Waals surface area (Å²) in [5, 5.41) is 0.847. The van der Waals surface area contributed by atoms with Gasteiger partial charge in [-0.1, -0.05) is 17.7 Å². The Labute approximate surface area is 95.0 Å². The van der Waals surface area contributed by atoms with Crippen LogP contribution in [-0.2, 0) is 6.42 Å². The third-order valence-corrected chi connectivity index (χ3v) is 3.35. The number of thioether (sulfide) groups is 1. The van der Waals surface area contributed by atoms with Gasteiger partial charge in [-0.05, 0) is 49.8 Å². The molecule has 0 aliphatic rings. The van der Waals surface area contributed by atoms with Gasteiger partial charge in [0.2, 0.25) is 0 Å². The quantitative estimate of drug-likeness (QED) is 0.619. The highest BCUT2D eigenvalue weighted by Gasteiger charge is 2.00. The topological polar surface area (TPSA) is 26.0 Å². The Hall–Kier alpha value is -0.180. The lowest BCUT2D eigenvalue weighted by Crippen LogP contribution is -1.99. The highest BCUT2D eigenvalue weighted by molar-refractivity contribution is 7.98. The van der Waals surface area contributed by atoms with Gasteiger partial charge < -0.3 is 5.73 Å². The lowest BCUT2D eigenvalue weighted by molar-refractivity contribution is 0.744. The average Bonchev–Trinajstić information content (AvgIpc) is 2.21. The van der Waals surface area contributed by atoms with Crippen molar-refractivity contribution in [2.45, 2.75) is 24.2 Å². The average molecular weight is 230 g/mol. The van der Waals surface area contributed by atoms with Crippen molar-refractivity contribution < 1.29 is 0 Å². The van der Waals surface area contributed by atoms with Gasteiger partial charge >= 0.3 is 0 Å². The number of hydrogen-bond donors (Lipinski definition) is 1. The van der Waals surface area contributed by atoms with E-state index in [9.17, 15) is 0 Å². The van der Waals surface area contributed by atoms with Crippen molar-refractivity contribution >= 4 is 23.4 Å². The van der Waals surface area contributed by atoms with E-state index in [4.69, 9.17) is 17.3 Å². The number of hydrogen-bond acceptors (Lipinski definition) is 2. The SMILES string of the molecule is CSc1cc(CCCCN)ccc1Cl. The molecular weight excluding hydrogens is 214 g/mol. The molecule has 78 valence electrons. The van der Waals surface area contributed by atoms with Gasteiger partial charge in [0.25, 0.3) is 0 Å². The Morgan fingerprint density at radius 2 is 2.14 bits per heavy atom. The van der Waals surface area contributed by atoms with Crippen molar-refractivity contribution in [3.8, 4) is 0 Å². The van der Waals surface area contributed by atoms with E-state index in [-0.39, 0.29) is 0 Å². The van der Waals surface area contributed by atoms with Crippen molar-refractivity contribution in [2.75, 3.05) is 12.8 Å². The molecule has 0 amide bonds. The minimum Gasteiger partial charge on any atom is -0.330 e. The molecule has 1 rings (SSSR count). The molecule has 0 fully saturated rings. The number of halogens is 1. The molecule has 1 aromatic carbocycles. The van der Waals surface area contributed by atoms with Crippen LogP contribution in [0.4, 0.5) is 0 Å². The van der Waals surface area contributed by atoms with E-state index < -0.39 is 0 Å². The summed E-state index contributed by atoms with van der Waals surface area (Å²) in [4.78, 5) is 1.16. The Morgan fingerprint density at radius 1 is 1.36 bits per heavy atom. The van der Waals surface area contributed by atoms with Gasteiger partial charge in [-0.2, -0.15) is 0 Å². The second-order valence-corrected chi connectivity index (χ2v) is 4.47. The van der Waals surface area contributed by atoms with Gasteiger partial charge in [0.15, 0.2) is 0 Å². The molecule has 0 atom stereocenters. The summed E-state index contributed by atoms with van der Waals surface area (Å²) < 4.78 is 0. The number of benzene rings is 1. The van der Waals surface area contributed by atoms with E-state index in [1.54, 1.807) is 11.8 Å². The first-order valence-electron chi connectivity index (χ1n) is 4.80. The molecule has 0 aromatic heterocycles. The van der Waals surface area contributed by atoms with Gasteiger partial charge in [0, 0.05) is 4.90 Å². The van der Waals surface area contributed by atoms with Crippen LogP contribution in [-0.4, -0.2) is 12.8 Å². The Morgan fingerprint density at radius 3 is 2.79 bits per heavy atom. The molecule has 0 saturated heterocycles.